The normalized spacial score (nSPS) is 21.6. The van der Waals surface area contributed by atoms with Crippen molar-refractivity contribution in [2.75, 3.05) is 39.8 Å². The summed E-state index contributed by atoms with van der Waals surface area (Å²) >= 11 is 0. The lowest BCUT2D eigenvalue weighted by Gasteiger charge is -2.37. The first-order chi connectivity index (χ1) is 11.2. The Bertz CT molecular complexity index is 579. The Balaban J connectivity index is 1.61. The summed E-state index contributed by atoms with van der Waals surface area (Å²) in [4.78, 5) is 28.5. The second-order valence-electron chi connectivity index (χ2n) is 6.42. The number of piperazine rings is 1. The predicted octanol–water partition coefficient (Wildman–Crippen LogP) is 0.997. The van der Waals surface area contributed by atoms with E-state index in [0.717, 1.165) is 32.4 Å². The Morgan fingerprint density at radius 1 is 1.17 bits per heavy atom. The first-order valence-corrected chi connectivity index (χ1v) is 8.48. The number of rotatable bonds is 3. The van der Waals surface area contributed by atoms with Crippen LogP contribution in [-0.2, 0) is 16.0 Å². The van der Waals surface area contributed by atoms with Gasteiger partial charge in [0.2, 0.25) is 11.8 Å². The van der Waals surface area contributed by atoms with E-state index in [1.165, 1.54) is 11.1 Å². The van der Waals surface area contributed by atoms with Crippen molar-refractivity contribution in [3.05, 3.63) is 35.4 Å². The minimum atomic E-state index is 0.0189. The Morgan fingerprint density at radius 3 is 2.65 bits per heavy atom. The molecule has 2 amide bonds. The fraction of sp³-hybridized carbons (Fsp3) is 0.556. The Morgan fingerprint density at radius 2 is 1.91 bits per heavy atom. The average molecular weight is 315 g/mol. The summed E-state index contributed by atoms with van der Waals surface area (Å²) in [5.74, 6) is 0.313. The van der Waals surface area contributed by atoms with Gasteiger partial charge in [-0.3, -0.25) is 14.5 Å². The molecule has 2 aliphatic rings. The maximum Gasteiger partial charge on any atom is 0.233 e. The molecule has 1 aliphatic heterocycles. The Kier molecular flexibility index (Phi) is 4.96. The highest BCUT2D eigenvalue weighted by Gasteiger charge is 2.31. The molecule has 1 aliphatic carbocycles. The van der Waals surface area contributed by atoms with E-state index >= 15 is 0 Å². The number of hydrogen-bond acceptors (Lipinski definition) is 3. The van der Waals surface area contributed by atoms with E-state index in [1.54, 1.807) is 7.05 Å². The summed E-state index contributed by atoms with van der Waals surface area (Å²) in [7, 11) is 1.66. The highest BCUT2D eigenvalue weighted by atomic mass is 16.2. The van der Waals surface area contributed by atoms with Crippen molar-refractivity contribution in [3.63, 3.8) is 0 Å². The monoisotopic (exact) mass is 315 g/mol. The van der Waals surface area contributed by atoms with Gasteiger partial charge in [-0.05, 0) is 30.4 Å². The lowest BCUT2D eigenvalue weighted by molar-refractivity contribution is -0.135. The van der Waals surface area contributed by atoms with Gasteiger partial charge < -0.3 is 10.2 Å². The Hall–Kier alpha value is -1.88. The topological polar surface area (TPSA) is 52.7 Å². The van der Waals surface area contributed by atoms with E-state index in [4.69, 9.17) is 0 Å². The van der Waals surface area contributed by atoms with Gasteiger partial charge in [0.15, 0.2) is 0 Å². The zero-order valence-corrected chi connectivity index (χ0v) is 13.8. The lowest BCUT2D eigenvalue weighted by Crippen LogP contribution is -2.52. The zero-order valence-electron chi connectivity index (χ0n) is 13.8. The molecule has 0 aromatic heterocycles. The first kappa shape index (κ1) is 16.0. The smallest absolute Gasteiger partial charge is 0.233 e. The molecule has 1 atom stereocenters. The number of nitrogens with one attached hydrogen (secondary N) is 1. The number of carbonyl (C=O) groups is 2. The number of fused-ring (bicyclic) bond motifs is 1. The number of likely N-dealkylation sites (N-methyl/N-ethyl adjacent to an activating group) is 1. The molecule has 1 aromatic rings. The largest absolute Gasteiger partial charge is 0.358 e. The van der Waals surface area contributed by atoms with Gasteiger partial charge in [-0.1, -0.05) is 24.3 Å². The summed E-state index contributed by atoms with van der Waals surface area (Å²) in [6, 6.07) is 8.35. The van der Waals surface area contributed by atoms with Crippen molar-refractivity contribution in [1.82, 2.24) is 15.1 Å². The van der Waals surface area contributed by atoms with E-state index in [1.807, 2.05) is 11.0 Å². The number of benzene rings is 1. The average Bonchev–Trinajstić information content (AvgIpc) is 2.61. The van der Waals surface area contributed by atoms with Crippen LogP contribution in [0.4, 0.5) is 0 Å². The van der Waals surface area contributed by atoms with E-state index in [2.05, 4.69) is 28.4 Å². The molecule has 5 heteroatoms. The molecule has 3 rings (SSSR count). The second kappa shape index (κ2) is 7.13. The van der Waals surface area contributed by atoms with E-state index < -0.39 is 0 Å². The second-order valence-corrected chi connectivity index (χ2v) is 6.42. The zero-order chi connectivity index (χ0) is 16.2. The molecule has 0 saturated carbocycles. The number of amides is 2. The SMILES string of the molecule is CNC(=O)CN1CCN(C(=O)C2CCCc3ccccc32)CC1. The van der Waals surface area contributed by atoms with Gasteiger partial charge in [0, 0.05) is 33.2 Å². The molecule has 0 spiro atoms. The maximum atomic E-state index is 12.9. The fourth-order valence-corrected chi connectivity index (χ4v) is 3.64. The van der Waals surface area contributed by atoms with Crippen LogP contribution in [-0.4, -0.2) is 61.4 Å². The quantitative estimate of drug-likeness (QED) is 0.905. The molecular formula is C18H25N3O2. The van der Waals surface area contributed by atoms with Crippen LogP contribution in [0.1, 0.15) is 29.9 Å². The lowest BCUT2D eigenvalue weighted by atomic mass is 9.82. The van der Waals surface area contributed by atoms with E-state index in [-0.39, 0.29) is 17.7 Å². The van der Waals surface area contributed by atoms with Crippen LogP contribution in [0.25, 0.3) is 0 Å². The summed E-state index contributed by atoms with van der Waals surface area (Å²) in [6.07, 6.45) is 3.12. The Labute approximate surface area is 137 Å². The molecule has 1 saturated heterocycles. The van der Waals surface area contributed by atoms with Gasteiger partial charge in [0.1, 0.15) is 0 Å². The van der Waals surface area contributed by atoms with Gasteiger partial charge >= 0.3 is 0 Å². The molecule has 1 unspecified atom stereocenters. The molecule has 5 nitrogen and oxygen atoms in total. The molecule has 1 fully saturated rings. The highest BCUT2D eigenvalue weighted by Crippen LogP contribution is 2.33. The maximum absolute atomic E-state index is 12.9. The number of carbonyl (C=O) groups excluding carboxylic acids is 2. The fourth-order valence-electron chi connectivity index (χ4n) is 3.64. The van der Waals surface area contributed by atoms with Gasteiger partial charge in [-0.25, -0.2) is 0 Å². The van der Waals surface area contributed by atoms with Crippen molar-refractivity contribution in [1.29, 1.82) is 0 Å². The first-order valence-electron chi connectivity index (χ1n) is 8.48. The van der Waals surface area contributed by atoms with Crippen LogP contribution >= 0.6 is 0 Å². The van der Waals surface area contributed by atoms with E-state index in [0.29, 0.717) is 19.6 Å². The van der Waals surface area contributed by atoms with Gasteiger partial charge in [0.25, 0.3) is 0 Å². The van der Waals surface area contributed by atoms with Gasteiger partial charge in [-0.2, -0.15) is 0 Å². The minimum absolute atomic E-state index is 0.0189. The van der Waals surface area contributed by atoms with Crippen molar-refractivity contribution < 1.29 is 9.59 Å². The molecule has 1 heterocycles. The minimum Gasteiger partial charge on any atom is -0.358 e. The molecule has 124 valence electrons. The van der Waals surface area contributed by atoms with Crippen molar-refractivity contribution >= 4 is 11.8 Å². The van der Waals surface area contributed by atoms with Crippen molar-refractivity contribution in [2.24, 2.45) is 0 Å². The van der Waals surface area contributed by atoms with Crippen molar-refractivity contribution in [2.45, 2.75) is 25.2 Å². The summed E-state index contributed by atoms with van der Waals surface area (Å²) in [5.41, 5.74) is 2.55. The van der Waals surface area contributed by atoms with Crippen LogP contribution in [0, 0.1) is 0 Å². The molecule has 1 N–H and O–H groups in total. The standard InChI is InChI=1S/C18H25N3O2/c1-19-17(22)13-20-9-11-21(12-10-20)18(23)16-8-4-6-14-5-2-3-7-15(14)16/h2-3,5,7,16H,4,6,8-13H2,1H3,(H,19,22). The van der Waals surface area contributed by atoms with Gasteiger partial charge in [0.05, 0.1) is 12.5 Å². The van der Waals surface area contributed by atoms with Crippen LogP contribution < -0.4 is 5.32 Å². The molecular weight excluding hydrogens is 290 g/mol. The highest BCUT2D eigenvalue weighted by molar-refractivity contribution is 5.84. The molecule has 0 bridgehead atoms. The van der Waals surface area contributed by atoms with Crippen LogP contribution in [0.15, 0.2) is 24.3 Å². The summed E-state index contributed by atoms with van der Waals surface area (Å²) in [6.45, 7) is 3.40. The molecule has 23 heavy (non-hydrogen) atoms. The number of nitrogens with zero attached hydrogens (tertiary/aromatic N) is 2. The van der Waals surface area contributed by atoms with Crippen LogP contribution in [0.5, 0.6) is 0 Å². The summed E-state index contributed by atoms with van der Waals surface area (Å²) in [5, 5.41) is 2.65. The third-order valence-corrected chi connectivity index (χ3v) is 5.00. The summed E-state index contributed by atoms with van der Waals surface area (Å²) < 4.78 is 0. The number of aryl methyl sites for hydroxylation is 1. The molecule has 1 aromatic carbocycles. The third kappa shape index (κ3) is 3.55. The van der Waals surface area contributed by atoms with Gasteiger partial charge in [-0.15, -0.1) is 0 Å². The van der Waals surface area contributed by atoms with Crippen molar-refractivity contribution in [3.8, 4) is 0 Å². The van der Waals surface area contributed by atoms with E-state index in [9.17, 15) is 9.59 Å². The van der Waals surface area contributed by atoms with Crippen LogP contribution in [0.2, 0.25) is 0 Å². The third-order valence-electron chi connectivity index (χ3n) is 5.00. The predicted molar refractivity (Wildman–Crippen MR) is 89.2 cm³/mol. The number of hydrogen-bond donors (Lipinski definition) is 1. The van der Waals surface area contributed by atoms with Crippen LogP contribution in [0.3, 0.4) is 0 Å². The molecule has 0 radical (unpaired) electrons.